The molecule has 4 rings (SSSR count). The van der Waals surface area contributed by atoms with E-state index in [2.05, 4.69) is 44.8 Å². The molecule has 2 aromatic carbocycles. The predicted octanol–water partition coefficient (Wildman–Crippen LogP) is 4.92. The van der Waals surface area contributed by atoms with E-state index in [1.165, 1.54) is 5.56 Å². The molecule has 0 spiro atoms. The number of para-hydroxylation sites is 1. The number of hydrogen-bond acceptors (Lipinski definition) is 4. The van der Waals surface area contributed by atoms with E-state index in [9.17, 15) is 4.79 Å². The van der Waals surface area contributed by atoms with Crippen LogP contribution in [-0.2, 0) is 11.3 Å². The van der Waals surface area contributed by atoms with E-state index in [4.69, 9.17) is 0 Å². The van der Waals surface area contributed by atoms with Crippen LogP contribution in [0.1, 0.15) is 18.1 Å². The molecule has 0 amide bonds. The monoisotopic (exact) mass is 401 g/mol. The summed E-state index contributed by atoms with van der Waals surface area (Å²) in [5.41, 5.74) is 5.94. The van der Waals surface area contributed by atoms with Gasteiger partial charge in [-0.15, -0.1) is 11.8 Å². The molecule has 4 nitrogen and oxygen atoms in total. The average Bonchev–Trinajstić information content (AvgIpc) is 3.35. The minimum Gasteiger partial charge on any atom is -0.380 e. The van der Waals surface area contributed by atoms with Crippen LogP contribution in [0.4, 0.5) is 0 Å². The van der Waals surface area contributed by atoms with Crippen molar-refractivity contribution < 1.29 is 4.79 Å². The first kappa shape index (κ1) is 19.2. The lowest BCUT2D eigenvalue weighted by Crippen LogP contribution is -2.29. The smallest absolute Gasteiger partial charge is 0.131 e. The van der Waals surface area contributed by atoms with Gasteiger partial charge in [0, 0.05) is 36.3 Å². The molecule has 1 aliphatic heterocycles. The standard InChI is InChI=1S/C24H23N3OS/c1-3-21(25-13-17-9-5-4-6-10-17)23-16-29-24(27(23)2)20(15-28)19-14-26-22-12-8-7-11-18(19)22/h3-12,14,16,24-26H,13H2,1-2H3/b21-3+. The number of aromatic amines is 1. The number of carbonyl (C=O) groups excluding carboxylic acids is 1. The Balaban J connectivity index is 1.53. The predicted molar refractivity (Wildman–Crippen MR) is 122 cm³/mol. The first-order chi connectivity index (χ1) is 14.2. The van der Waals surface area contributed by atoms with Gasteiger partial charge < -0.3 is 15.2 Å². The third-order valence-corrected chi connectivity index (χ3v) is 6.34. The van der Waals surface area contributed by atoms with E-state index in [1.54, 1.807) is 11.8 Å². The highest BCUT2D eigenvalue weighted by Gasteiger charge is 2.31. The van der Waals surface area contributed by atoms with Crippen LogP contribution in [-0.4, -0.2) is 28.2 Å². The van der Waals surface area contributed by atoms with Gasteiger partial charge in [0.2, 0.25) is 0 Å². The van der Waals surface area contributed by atoms with Crippen molar-refractivity contribution in [1.82, 2.24) is 15.2 Å². The van der Waals surface area contributed by atoms with Crippen molar-refractivity contribution in [3.63, 3.8) is 0 Å². The van der Waals surface area contributed by atoms with Crippen molar-refractivity contribution in [2.45, 2.75) is 18.8 Å². The third-order valence-electron chi connectivity index (χ3n) is 5.17. The highest BCUT2D eigenvalue weighted by molar-refractivity contribution is 8.03. The summed E-state index contributed by atoms with van der Waals surface area (Å²) >= 11 is 1.63. The molecule has 0 aliphatic carbocycles. The van der Waals surface area contributed by atoms with Crippen molar-refractivity contribution in [2.75, 3.05) is 7.05 Å². The number of benzene rings is 2. The van der Waals surface area contributed by atoms with Gasteiger partial charge in [-0.3, -0.25) is 0 Å². The third kappa shape index (κ3) is 3.75. The number of H-pyrrole nitrogens is 1. The van der Waals surface area contributed by atoms with Gasteiger partial charge >= 0.3 is 0 Å². The zero-order chi connectivity index (χ0) is 20.2. The van der Waals surface area contributed by atoms with Crippen molar-refractivity contribution >= 4 is 34.2 Å². The normalized spacial score (nSPS) is 16.6. The lowest BCUT2D eigenvalue weighted by molar-refractivity contribution is 0.453. The Morgan fingerprint density at radius 1 is 1.21 bits per heavy atom. The van der Waals surface area contributed by atoms with Gasteiger partial charge in [0.25, 0.3) is 0 Å². The van der Waals surface area contributed by atoms with Gasteiger partial charge in [0.15, 0.2) is 0 Å². The maximum absolute atomic E-state index is 12.0. The molecule has 0 radical (unpaired) electrons. The van der Waals surface area contributed by atoms with Gasteiger partial charge in [-0.1, -0.05) is 54.6 Å². The van der Waals surface area contributed by atoms with Gasteiger partial charge in [0.05, 0.1) is 17.0 Å². The van der Waals surface area contributed by atoms with Crippen LogP contribution in [0.2, 0.25) is 0 Å². The Hall–Kier alpha value is -3.14. The maximum Gasteiger partial charge on any atom is 0.131 e. The van der Waals surface area contributed by atoms with Gasteiger partial charge in [-0.05, 0) is 24.0 Å². The minimum absolute atomic E-state index is 0.116. The van der Waals surface area contributed by atoms with Gasteiger partial charge in [-0.2, -0.15) is 0 Å². The molecule has 2 N–H and O–H groups in total. The topological polar surface area (TPSA) is 48.1 Å². The zero-order valence-corrected chi connectivity index (χ0v) is 17.3. The second-order valence-corrected chi connectivity index (χ2v) is 7.86. The van der Waals surface area contributed by atoms with E-state index in [1.807, 2.05) is 62.6 Å². The summed E-state index contributed by atoms with van der Waals surface area (Å²) in [5.74, 6) is 2.22. The fourth-order valence-electron chi connectivity index (χ4n) is 3.61. The summed E-state index contributed by atoms with van der Waals surface area (Å²) in [5, 5.41) is 6.57. The van der Waals surface area contributed by atoms with E-state index in [-0.39, 0.29) is 5.37 Å². The largest absolute Gasteiger partial charge is 0.380 e. The zero-order valence-electron chi connectivity index (χ0n) is 16.5. The quantitative estimate of drug-likeness (QED) is 0.576. The van der Waals surface area contributed by atoms with Crippen LogP contribution >= 0.6 is 11.8 Å². The molecule has 0 saturated heterocycles. The van der Waals surface area contributed by atoms with E-state index in [0.717, 1.165) is 34.4 Å². The number of rotatable bonds is 6. The van der Waals surface area contributed by atoms with Crippen LogP contribution in [0.3, 0.4) is 0 Å². The SMILES string of the molecule is C/C=C(/NCc1ccccc1)C1=CSC(C(=C=O)c2c[nH]c3ccccc23)N1C. The summed E-state index contributed by atoms with van der Waals surface area (Å²) < 4.78 is 0. The minimum atomic E-state index is -0.116. The highest BCUT2D eigenvalue weighted by Crippen LogP contribution is 2.40. The molecule has 1 unspecified atom stereocenters. The number of hydrogen-bond donors (Lipinski definition) is 2. The summed E-state index contributed by atoms with van der Waals surface area (Å²) in [4.78, 5) is 17.4. The Morgan fingerprint density at radius 2 is 1.97 bits per heavy atom. The number of aromatic nitrogens is 1. The molecule has 3 aromatic rings. The van der Waals surface area contributed by atoms with E-state index < -0.39 is 0 Å². The van der Waals surface area contributed by atoms with Crippen molar-refractivity contribution in [3.05, 3.63) is 94.8 Å². The lowest BCUT2D eigenvalue weighted by Gasteiger charge is -2.26. The van der Waals surface area contributed by atoms with E-state index in [0.29, 0.717) is 5.57 Å². The Morgan fingerprint density at radius 3 is 2.72 bits per heavy atom. The van der Waals surface area contributed by atoms with Crippen LogP contribution < -0.4 is 5.32 Å². The number of fused-ring (bicyclic) bond motifs is 1. The Bertz CT molecular complexity index is 1120. The van der Waals surface area contributed by atoms with Crippen LogP contribution in [0.15, 0.2) is 83.7 Å². The second-order valence-electron chi connectivity index (χ2n) is 6.91. The average molecular weight is 402 g/mol. The summed E-state index contributed by atoms with van der Waals surface area (Å²) in [6.45, 7) is 2.77. The fraction of sp³-hybridized carbons (Fsp3) is 0.167. The van der Waals surface area contributed by atoms with Crippen molar-refractivity contribution in [3.8, 4) is 0 Å². The molecule has 0 fully saturated rings. The molecule has 146 valence electrons. The maximum atomic E-state index is 12.0. The highest BCUT2D eigenvalue weighted by atomic mass is 32.2. The second kappa shape index (κ2) is 8.48. The van der Waals surface area contributed by atoms with Crippen LogP contribution in [0.5, 0.6) is 0 Å². The first-order valence-corrected chi connectivity index (χ1v) is 10.5. The van der Waals surface area contributed by atoms with Gasteiger partial charge in [-0.25, -0.2) is 4.79 Å². The number of nitrogens with zero attached hydrogens (tertiary/aromatic N) is 1. The molecule has 29 heavy (non-hydrogen) atoms. The molecular formula is C24H23N3OS. The molecule has 0 bridgehead atoms. The molecule has 1 aromatic heterocycles. The van der Waals surface area contributed by atoms with Crippen LogP contribution in [0, 0.1) is 0 Å². The molecule has 1 aliphatic rings. The summed E-state index contributed by atoms with van der Waals surface area (Å²) in [6, 6.07) is 18.3. The lowest BCUT2D eigenvalue weighted by atomic mass is 10.1. The number of likely N-dealkylation sites (N-methyl/N-ethyl adjacent to an activating group) is 1. The van der Waals surface area contributed by atoms with Crippen molar-refractivity contribution in [1.29, 1.82) is 0 Å². The molecule has 1 atom stereocenters. The molecule has 0 saturated carbocycles. The van der Waals surface area contributed by atoms with E-state index >= 15 is 0 Å². The molecule has 2 heterocycles. The Labute approximate surface area is 175 Å². The fourth-order valence-corrected chi connectivity index (χ4v) is 4.77. The first-order valence-electron chi connectivity index (χ1n) is 9.57. The molecular weight excluding hydrogens is 378 g/mol. The summed E-state index contributed by atoms with van der Waals surface area (Å²) in [7, 11) is 2.02. The summed E-state index contributed by atoms with van der Waals surface area (Å²) in [6.07, 6.45) is 3.98. The van der Waals surface area contributed by atoms with Crippen LogP contribution in [0.25, 0.3) is 16.5 Å². The number of nitrogens with one attached hydrogen (secondary N) is 2. The number of allylic oxidation sites excluding steroid dienone is 1. The molecule has 5 heteroatoms. The Kier molecular flexibility index (Phi) is 5.61. The number of thioether (sulfide) groups is 1. The van der Waals surface area contributed by atoms with Gasteiger partial charge in [0.1, 0.15) is 11.3 Å². The van der Waals surface area contributed by atoms with Crippen molar-refractivity contribution in [2.24, 2.45) is 0 Å².